The van der Waals surface area contributed by atoms with E-state index in [1.54, 1.807) is 25.3 Å². The Balaban J connectivity index is 1.96. The summed E-state index contributed by atoms with van der Waals surface area (Å²) in [6, 6.07) is 12.6. The van der Waals surface area contributed by atoms with E-state index in [1.165, 1.54) is 6.08 Å². The molecule has 2 aromatic rings. The number of rotatable bonds is 9. The van der Waals surface area contributed by atoms with E-state index in [0.29, 0.717) is 23.9 Å². The molecule has 0 aliphatic rings. The van der Waals surface area contributed by atoms with E-state index in [0.717, 1.165) is 29.3 Å². The number of ether oxygens (including phenoxy) is 3. The maximum atomic E-state index is 11.9. The first-order valence-electron chi connectivity index (χ1n) is 8.58. The molecule has 0 fully saturated rings. The minimum Gasteiger partial charge on any atom is -0.493 e. The van der Waals surface area contributed by atoms with Crippen molar-refractivity contribution in [1.29, 1.82) is 0 Å². The van der Waals surface area contributed by atoms with Gasteiger partial charge in [-0.2, -0.15) is 0 Å². The molecule has 0 amide bonds. The van der Waals surface area contributed by atoms with E-state index < -0.39 is 5.97 Å². The highest BCUT2D eigenvalue weighted by Gasteiger charge is 2.06. The lowest BCUT2D eigenvalue weighted by Gasteiger charge is -2.11. The van der Waals surface area contributed by atoms with E-state index in [9.17, 15) is 4.79 Å². The van der Waals surface area contributed by atoms with Crippen LogP contribution >= 0.6 is 15.9 Å². The topological polar surface area (TPSA) is 44.8 Å². The van der Waals surface area contributed by atoms with Crippen LogP contribution in [-0.2, 0) is 4.79 Å². The molecular weight excluding hydrogens is 396 g/mol. The standard InChI is InChI=1S/C21H23BrO4/c1-3-4-5-14-25-19-12-6-16(15-20(19)24-2)7-13-21(23)26-18-10-8-17(22)9-11-18/h6-13,15H,3-5,14H2,1-2H3/b13-7+. The van der Waals surface area contributed by atoms with Crippen LogP contribution < -0.4 is 14.2 Å². The molecule has 0 aliphatic carbocycles. The minimum atomic E-state index is -0.439. The molecule has 2 rings (SSSR count). The number of carbonyl (C=O) groups is 1. The Labute approximate surface area is 162 Å². The van der Waals surface area contributed by atoms with Crippen LogP contribution in [0.25, 0.3) is 6.08 Å². The number of halogens is 1. The third kappa shape index (κ3) is 6.56. The number of methoxy groups -OCH3 is 1. The third-order valence-corrected chi connectivity index (χ3v) is 4.17. The van der Waals surface area contributed by atoms with Crippen molar-refractivity contribution in [1.82, 2.24) is 0 Å². The second-order valence-corrected chi connectivity index (χ2v) is 6.59. The molecule has 0 heterocycles. The van der Waals surface area contributed by atoms with Crippen molar-refractivity contribution in [2.24, 2.45) is 0 Å². The third-order valence-electron chi connectivity index (χ3n) is 3.64. The van der Waals surface area contributed by atoms with Gasteiger partial charge in [-0.05, 0) is 54.5 Å². The fourth-order valence-corrected chi connectivity index (χ4v) is 2.52. The van der Waals surface area contributed by atoms with Gasteiger partial charge in [-0.3, -0.25) is 0 Å². The van der Waals surface area contributed by atoms with Gasteiger partial charge in [0.25, 0.3) is 0 Å². The van der Waals surface area contributed by atoms with E-state index in [-0.39, 0.29) is 0 Å². The number of carbonyl (C=O) groups excluding carboxylic acids is 1. The van der Waals surface area contributed by atoms with Crippen molar-refractivity contribution in [3.8, 4) is 17.2 Å². The van der Waals surface area contributed by atoms with Gasteiger partial charge in [-0.25, -0.2) is 4.79 Å². The van der Waals surface area contributed by atoms with Crippen LogP contribution in [0.3, 0.4) is 0 Å². The van der Waals surface area contributed by atoms with Gasteiger partial charge in [0.05, 0.1) is 13.7 Å². The molecule has 138 valence electrons. The number of hydrogen-bond acceptors (Lipinski definition) is 4. The van der Waals surface area contributed by atoms with Crippen molar-refractivity contribution in [2.75, 3.05) is 13.7 Å². The Morgan fingerprint density at radius 3 is 2.54 bits per heavy atom. The summed E-state index contributed by atoms with van der Waals surface area (Å²) in [5.41, 5.74) is 0.829. The summed E-state index contributed by atoms with van der Waals surface area (Å²) in [5, 5.41) is 0. The van der Waals surface area contributed by atoms with Gasteiger partial charge in [-0.1, -0.05) is 41.8 Å². The highest BCUT2D eigenvalue weighted by molar-refractivity contribution is 9.10. The fourth-order valence-electron chi connectivity index (χ4n) is 2.26. The Kier molecular flexibility index (Phi) is 8.22. The number of esters is 1. The smallest absolute Gasteiger partial charge is 0.336 e. The average molecular weight is 419 g/mol. The summed E-state index contributed by atoms with van der Waals surface area (Å²) in [6.07, 6.45) is 6.39. The monoisotopic (exact) mass is 418 g/mol. The number of unbranched alkanes of at least 4 members (excludes halogenated alkanes) is 2. The predicted octanol–water partition coefficient (Wildman–Crippen LogP) is 5.65. The molecule has 0 spiro atoms. The molecule has 26 heavy (non-hydrogen) atoms. The van der Waals surface area contributed by atoms with E-state index in [1.807, 2.05) is 30.3 Å². The summed E-state index contributed by atoms with van der Waals surface area (Å²) < 4.78 is 17.3. The highest BCUT2D eigenvalue weighted by Crippen LogP contribution is 2.28. The summed E-state index contributed by atoms with van der Waals surface area (Å²) in [4.78, 5) is 11.9. The lowest BCUT2D eigenvalue weighted by atomic mass is 10.2. The Bertz CT molecular complexity index is 738. The zero-order valence-corrected chi connectivity index (χ0v) is 16.6. The predicted molar refractivity (Wildman–Crippen MR) is 107 cm³/mol. The van der Waals surface area contributed by atoms with Gasteiger partial charge in [0.15, 0.2) is 11.5 Å². The van der Waals surface area contributed by atoms with Crippen LogP contribution in [0, 0.1) is 0 Å². The summed E-state index contributed by atoms with van der Waals surface area (Å²) in [5.74, 6) is 1.41. The molecule has 0 atom stereocenters. The molecule has 0 aromatic heterocycles. The average Bonchev–Trinajstić information content (AvgIpc) is 2.66. The van der Waals surface area contributed by atoms with Gasteiger partial charge < -0.3 is 14.2 Å². The normalized spacial score (nSPS) is 10.7. The van der Waals surface area contributed by atoms with Crippen LogP contribution in [0.5, 0.6) is 17.2 Å². The van der Waals surface area contributed by atoms with Crippen molar-refractivity contribution in [3.05, 3.63) is 58.6 Å². The number of benzene rings is 2. The molecule has 0 saturated carbocycles. The molecule has 2 aromatic carbocycles. The zero-order chi connectivity index (χ0) is 18.8. The van der Waals surface area contributed by atoms with Crippen LogP contribution in [0.2, 0.25) is 0 Å². The van der Waals surface area contributed by atoms with E-state index >= 15 is 0 Å². The first-order valence-corrected chi connectivity index (χ1v) is 9.38. The van der Waals surface area contributed by atoms with Crippen LogP contribution in [0.1, 0.15) is 31.7 Å². The van der Waals surface area contributed by atoms with Gasteiger partial charge in [0.2, 0.25) is 0 Å². The highest BCUT2D eigenvalue weighted by atomic mass is 79.9. The summed E-state index contributed by atoms with van der Waals surface area (Å²) in [7, 11) is 1.60. The summed E-state index contributed by atoms with van der Waals surface area (Å²) >= 11 is 3.34. The van der Waals surface area contributed by atoms with E-state index in [4.69, 9.17) is 14.2 Å². The van der Waals surface area contributed by atoms with Crippen molar-refractivity contribution in [2.45, 2.75) is 26.2 Å². The fraction of sp³-hybridized carbons (Fsp3) is 0.286. The first kappa shape index (κ1) is 20.0. The maximum absolute atomic E-state index is 11.9. The van der Waals surface area contributed by atoms with Crippen LogP contribution in [-0.4, -0.2) is 19.7 Å². The quantitative estimate of drug-likeness (QED) is 0.228. The maximum Gasteiger partial charge on any atom is 0.336 e. The Morgan fingerprint density at radius 2 is 1.85 bits per heavy atom. The molecule has 0 aliphatic heterocycles. The Hall–Kier alpha value is -2.27. The molecule has 0 saturated heterocycles. The van der Waals surface area contributed by atoms with E-state index in [2.05, 4.69) is 22.9 Å². The van der Waals surface area contributed by atoms with Crippen LogP contribution in [0.4, 0.5) is 0 Å². The molecule has 0 N–H and O–H groups in total. The lowest BCUT2D eigenvalue weighted by Crippen LogP contribution is -2.03. The second-order valence-electron chi connectivity index (χ2n) is 5.67. The summed E-state index contributed by atoms with van der Waals surface area (Å²) in [6.45, 7) is 2.82. The first-order chi connectivity index (χ1) is 12.6. The second kappa shape index (κ2) is 10.7. The molecule has 0 radical (unpaired) electrons. The van der Waals surface area contributed by atoms with Gasteiger partial charge >= 0.3 is 5.97 Å². The molecule has 5 heteroatoms. The number of hydrogen-bond donors (Lipinski definition) is 0. The van der Waals surface area contributed by atoms with Crippen molar-refractivity contribution < 1.29 is 19.0 Å². The minimum absolute atomic E-state index is 0.439. The zero-order valence-electron chi connectivity index (χ0n) is 15.0. The van der Waals surface area contributed by atoms with Gasteiger partial charge in [-0.15, -0.1) is 0 Å². The molecular formula is C21H23BrO4. The SMILES string of the molecule is CCCCCOc1ccc(/C=C/C(=O)Oc2ccc(Br)cc2)cc1OC. The molecule has 0 bridgehead atoms. The lowest BCUT2D eigenvalue weighted by molar-refractivity contribution is -0.128. The van der Waals surface area contributed by atoms with Crippen molar-refractivity contribution >= 4 is 28.0 Å². The van der Waals surface area contributed by atoms with Gasteiger partial charge in [0.1, 0.15) is 5.75 Å². The molecule has 4 nitrogen and oxygen atoms in total. The Morgan fingerprint density at radius 1 is 1.08 bits per heavy atom. The van der Waals surface area contributed by atoms with Crippen molar-refractivity contribution in [3.63, 3.8) is 0 Å². The molecule has 0 unspecified atom stereocenters. The largest absolute Gasteiger partial charge is 0.493 e. The van der Waals surface area contributed by atoms with Crippen LogP contribution in [0.15, 0.2) is 53.0 Å². The van der Waals surface area contributed by atoms with Gasteiger partial charge in [0, 0.05) is 10.5 Å².